The van der Waals surface area contributed by atoms with E-state index < -0.39 is 16.9 Å². The molecule has 0 aliphatic carbocycles. The van der Waals surface area contributed by atoms with Gasteiger partial charge in [0.2, 0.25) is 6.04 Å². The molecule has 68 valence electrons. The molecule has 1 atom stereocenters. The Labute approximate surface area is 69.8 Å². The number of carboxylic acids is 1. The van der Waals surface area contributed by atoms with Crippen molar-refractivity contribution in [2.24, 2.45) is 0 Å². The van der Waals surface area contributed by atoms with Crippen molar-refractivity contribution >= 4 is 5.97 Å². The van der Waals surface area contributed by atoms with E-state index in [9.17, 15) is 14.9 Å². The second-order valence-corrected chi connectivity index (χ2v) is 2.46. The number of aliphatic carboxylic acids is 1. The molecule has 0 amide bonds. The fourth-order valence-electron chi connectivity index (χ4n) is 0.740. The summed E-state index contributed by atoms with van der Waals surface area (Å²) in [6.45, 7) is 4.86. The summed E-state index contributed by atoms with van der Waals surface area (Å²) in [5, 5.41) is 18.6. The lowest BCUT2D eigenvalue weighted by molar-refractivity contribution is -0.522. The Morgan fingerprint density at radius 1 is 1.75 bits per heavy atom. The normalized spacial score (nSPS) is 12.1. The molecule has 0 saturated heterocycles. The lowest BCUT2D eigenvalue weighted by Gasteiger charge is -2.05. The molecule has 0 aromatic heterocycles. The minimum absolute atomic E-state index is 0.0845. The molecule has 12 heavy (non-hydrogen) atoms. The van der Waals surface area contributed by atoms with Gasteiger partial charge in [-0.05, 0) is 0 Å². The van der Waals surface area contributed by atoms with Crippen molar-refractivity contribution in [1.29, 1.82) is 0 Å². The summed E-state index contributed by atoms with van der Waals surface area (Å²) in [5.41, 5.74) is -0.112. The molecule has 0 fully saturated rings. The van der Waals surface area contributed by atoms with Crippen LogP contribution in [0.25, 0.3) is 0 Å². The Bertz CT molecular complexity index is 211. The molecule has 0 aromatic rings. The van der Waals surface area contributed by atoms with E-state index in [4.69, 9.17) is 5.11 Å². The van der Waals surface area contributed by atoms with Gasteiger partial charge in [0.1, 0.15) is 0 Å². The van der Waals surface area contributed by atoms with Crippen LogP contribution < -0.4 is 0 Å². The predicted octanol–water partition coefficient (Wildman–Crippen LogP) is 1.07. The molecule has 5 heteroatoms. The van der Waals surface area contributed by atoms with Crippen molar-refractivity contribution in [1.82, 2.24) is 0 Å². The lowest BCUT2D eigenvalue weighted by atomic mass is 10.1. The van der Waals surface area contributed by atoms with Crippen LogP contribution in [0.2, 0.25) is 0 Å². The number of rotatable bonds is 5. The highest BCUT2D eigenvalue weighted by molar-refractivity contribution is 5.85. The monoisotopic (exact) mass is 173 g/mol. The fraction of sp³-hybridized carbons (Fsp3) is 0.571. The van der Waals surface area contributed by atoms with Crippen LogP contribution in [0.5, 0.6) is 0 Å². The van der Waals surface area contributed by atoms with Gasteiger partial charge in [0.15, 0.2) is 0 Å². The summed E-state index contributed by atoms with van der Waals surface area (Å²) in [6.07, 6.45) is 0.234. The van der Waals surface area contributed by atoms with Crippen LogP contribution in [0, 0.1) is 10.1 Å². The largest absolute Gasteiger partial charge is 0.478 e. The molecular formula is C7H11NO4. The molecule has 0 saturated carbocycles. The molecule has 0 aliphatic rings. The van der Waals surface area contributed by atoms with Gasteiger partial charge in [-0.1, -0.05) is 13.5 Å². The maximum atomic E-state index is 10.3. The number of carboxylic acid groups (broad SMARTS) is 1. The van der Waals surface area contributed by atoms with E-state index >= 15 is 0 Å². The van der Waals surface area contributed by atoms with Gasteiger partial charge in [-0.3, -0.25) is 10.1 Å². The average Bonchev–Trinajstić information content (AvgIpc) is 1.98. The smallest absolute Gasteiger partial charge is 0.331 e. The first-order valence-corrected chi connectivity index (χ1v) is 3.53. The second-order valence-electron chi connectivity index (χ2n) is 2.46. The average molecular weight is 173 g/mol. The summed E-state index contributed by atoms with van der Waals surface area (Å²) in [5.74, 6) is -1.17. The molecule has 1 unspecified atom stereocenters. The topological polar surface area (TPSA) is 80.4 Å². The van der Waals surface area contributed by atoms with E-state index in [1.165, 1.54) is 0 Å². The zero-order valence-corrected chi connectivity index (χ0v) is 6.82. The van der Waals surface area contributed by atoms with Gasteiger partial charge >= 0.3 is 5.97 Å². The fourth-order valence-corrected chi connectivity index (χ4v) is 0.740. The Hall–Kier alpha value is -1.39. The summed E-state index contributed by atoms with van der Waals surface area (Å²) in [6, 6.07) is -0.825. The molecule has 0 radical (unpaired) electrons. The third kappa shape index (κ3) is 3.14. The van der Waals surface area contributed by atoms with E-state index in [0.29, 0.717) is 6.42 Å². The molecule has 1 N–H and O–H groups in total. The first-order valence-electron chi connectivity index (χ1n) is 3.53. The molecule has 0 spiro atoms. The molecule has 0 bridgehead atoms. The molecule has 0 aromatic carbocycles. The third-order valence-electron chi connectivity index (χ3n) is 1.55. The number of hydrogen-bond donors (Lipinski definition) is 1. The quantitative estimate of drug-likeness (QED) is 0.383. The predicted molar refractivity (Wildman–Crippen MR) is 42.5 cm³/mol. The van der Waals surface area contributed by atoms with Crippen molar-refractivity contribution in [3.63, 3.8) is 0 Å². The van der Waals surface area contributed by atoms with Crippen molar-refractivity contribution < 1.29 is 14.8 Å². The van der Waals surface area contributed by atoms with E-state index in [2.05, 4.69) is 6.58 Å². The highest BCUT2D eigenvalue weighted by Crippen LogP contribution is 2.09. The zero-order valence-electron chi connectivity index (χ0n) is 6.82. The number of hydrogen-bond acceptors (Lipinski definition) is 3. The molecule has 0 aliphatic heterocycles. The van der Waals surface area contributed by atoms with Gasteiger partial charge < -0.3 is 5.11 Å². The van der Waals surface area contributed by atoms with Crippen molar-refractivity contribution in [2.45, 2.75) is 25.8 Å². The zero-order chi connectivity index (χ0) is 9.72. The number of nitrogens with zero attached hydrogens (tertiary/aromatic N) is 1. The van der Waals surface area contributed by atoms with Crippen molar-refractivity contribution in [3.05, 3.63) is 22.3 Å². The molecular weight excluding hydrogens is 162 g/mol. The van der Waals surface area contributed by atoms with E-state index in [1.54, 1.807) is 6.92 Å². The van der Waals surface area contributed by atoms with Crippen LogP contribution in [0.15, 0.2) is 12.2 Å². The first-order chi connectivity index (χ1) is 5.49. The highest BCUT2D eigenvalue weighted by Gasteiger charge is 2.20. The molecule has 5 nitrogen and oxygen atoms in total. The molecule has 0 rings (SSSR count). The van der Waals surface area contributed by atoms with Crippen LogP contribution in [0.3, 0.4) is 0 Å². The standard InChI is InChI=1S/C7H11NO4/c1-3-6(8(11)12)4-5(2)7(9)10/h6H,2-4H2,1H3,(H,9,10). The van der Waals surface area contributed by atoms with Crippen LogP contribution in [0.4, 0.5) is 0 Å². The van der Waals surface area contributed by atoms with Gasteiger partial charge in [0, 0.05) is 23.3 Å². The number of carbonyl (C=O) groups is 1. The highest BCUT2D eigenvalue weighted by atomic mass is 16.6. The summed E-state index contributed by atoms with van der Waals surface area (Å²) >= 11 is 0. The first kappa shape index (κ1) is 10.6. The van der Waals surface area contributed by atoms with Crippen molar-refractivity contribution in [2.75, 3.05) is 0 Å². The minimum Gasteiger partial charge on any atom is -0.478 e. The van der Waals surface area contributed by atoms with Gasteiger partial charge in [-0.15, -0.1) is 0 Å². The lowest BCUT2D eigenvalue weighted by Crippen LogP contribution is -2.20. The van der Waals surface area contributed by atoms with E-state index in [1.807, 2.05) is 0 Å². The summed E-state index contributed by atoms with van der Waals surface area (Å²) in [4.78, 5) is 20.0. The maximum Gasteiger partial charge on any atom is 0.331 e. The summed E-state index contributed by atoms with van der Waals surface area (Å²) < 4.78 is 0. The van der Waals surface area contributed by atoms with Gasteiger partial charge in [0.25, 0.3) is 0 Å². The van der Waals surface area contributed by atoms with Crippen LogP contribution in [-0.2, 0) is 4.79 Å². The van der Waals surface area contributed by atoms with Crippen LogP contribution >= 0.6 is 0 Å². The van der Waals surface area contributed by atoms with Gasteiger partial charge in [0.05, 0.1) is 0 Å². The van der Waals surface area contributed by atoms with E-state index in [0.717, 1.165) is 0 Å². The van der Waals surface area contributed by atoms with Crippen molar-refractivity contribution in [3.8, 4) is 0 Å². The SMILES string of the molecule is C=C(CC(CC)[N+](=O)[O-])C(=O)O. The maximum absolute atomic E-state index is 10.3. The number of nitro groups is 1. The van der Waals surface area contributed by atoms with Crippen LogP contribution in [-0.4, -0.2) is 22.0 Å². The van der Waals surface area contributed by atoms with Crippen LogP contribution in [0.1, 0.15) is 19.8 Å². The molecule has 0 heterocycles. The Balaban J connectivity index is 4.12. The Morgan fingerprint density at radius 2 is 2.25 bits per heavy atom. The van der Waals surface area contributed by atoms with E-state index in [-0.39, 0.29) is 12.0 Å². The third-order valence-corrected chi connectivity index (χ3v) is 1.55. The Morgan fingerprint density at radius 3 is 2.50 bits per heavy atom. The Kier molecular flexibility index (Phi) is 3.96. The van der Waals surface area contributed by atoms with Gasteiger partial charge in [-0.2, -0.15) is 0 Å². The second kappa shape index (κ2) is 4.48. The summed E-state index contributed by atoms with van der Waals surface area (Å²) in [7, 11) is 0. The van der Waals surface area contributed by atoms with Gasteiger partial charge in [-0.25, -0.2) is 4.79 Å². The minimum atomic E-state index is -1.17.